The van der Waals surface area contributed by atoms with Crippen molar-refractivity contribution in [2.24, 2.45) is 0 Å². The summed E-state index contributed by atoms with van der Waals surface area (Å²) in [4.78, 5) is 28.9. The Bertz CT molecular complexity index is 852. The van der Waals surface area contributed by atoms with Crippen LogP contribution in [0.3, 0.4) is 0 Å². The first-order valence-corrected chi connectivity index (χ1v) is 8.21. The van der Waals surface area contributed by atoms with Crippen molar-refractivity contribution in [1.82, 2.24) is 10.3 Å². The van der Waals surface area contributed by atoms with Crippen LogP contribution in [0.4, 0.5) is 0 Å². The molecule has 130 valence electrons. The number of aromatic nitrogens is 1. The quantitative estimate of drug-likeness (QED) is 0.696. The third-order valence-corrected chi connectivity index (χ3v) is 3.77. The molecule has 0 aliphatic carbocycles. The Hall–Kier alpha value is -3.47. The largest absolute Gasteiger partial charge is 0.444 e. The lowest BCUT2D eigenvalue weighted by Gasteiger charge is -2.18. The van der Waals surface area contributed by atoms with Gasteiger partial charge in [0.2, 0.25) is 6.10 Å². The number of hydrogen-bond donors (Lipinski definition) is 1. The van der Waals surface area contributed by atoms with Gasteiger partial charge in [0.1, 0.15) is 0 Å². The van der Waals surface area contributed by atoms with E-state index in [4.69, 9.17) is 4.74 Å². The Morgan fingerprint density at radius 3 is 2.27 bits per heavy atom. The zero-order valence-electron chi connectivity index (χ0n) is 14.0. The van der Waals surface area contributed by atoms with E-state index in [1.54, 1.807) is 42.6 Å². The van der Waals surface area contributed by atoms with E-state index < -0.39 is 12.1 Å². The Morgan fingerprint density at radius 1 is 0.923 bits per heavy atom. The molecule has 0 bridgehead atoms. The number of nitrogens with zero attached hydrogens (tertiary/aromatic N) is 1. The Labute approximate surface area is 151 Å². The predicted octanol–water partition coefficient (Wildman–Crippen LogP) is 3.30. The molecule has 5 nitrogen and oxygen atoms in total. The molecule has 1 aromatic heterocycles. The summed E-state index contributed by atoms with van der Waals surface area (Å²) in [5, 5.41) is 2.82. The highest BCUT2D eigenvalue weighted by molar-refractivity contribution is 5.92. The number of benzene rings is 2. The molecule has 3 rings (SSSR count). The maximum Gasteiger partial charge on any atom is 0.340 e. The fourth-order valence-electron chi connectivity index (χ4n) is 2.44. The Kier molecular flexibility index (Phi) is 5.72. The molecule has 0 aliphatic rings. The van der Waals surface area contributed by atoms with Crippen LogP contribution >= 0.6 is 0 Å². The van der Waals surface area contributed by atoms with Crippen molar-refractivity contribution in [1.29, 1.82) is 0 Å². The van der Waals surface area contributed by atoms with E-state index in [0.29, 0.717) is 17.7 Å². The second-order valence-corrected chi connectivity index (χ2v) is 5.64. The van der Waals surface area contributed by atoms with E-state index in [-0.39, 0.29) is 5.91 Å². The molecule has 26 heavy (non-hydrogen) atoms. The standard InChI is InChI=1S/C21H18N2O3/c24-20(23-14-16-8-3-1-4-9-16)19(17-10-5-2-6-11-17)26-21(25)18-12-7-13-22-15-18/h1-13,15,19H,14H2,(H,23,24). The molecular weight excluding hydrogens is 328 g/mol. The lowest BCUT2D eigenvalue weighted by Crippen LogP contribution is -2.31. The average molecular weight is 346 g/mol. The van der Waals surface area contributed by atoms with Gasteiger partial charge in [-0.2, -0.15) is 0 Å². The molecule has 0 aliphatic heterocycles. The number of amides is 1. The summed E-state index contributed by atoms with van der Waals surface area (Å²) in [6.45, 7) is 0.355. The van der Waals surface area contributed by atoms with Crippen molar-refractivity contribution in [2.45, 2.75) is 12.6 Å². The van der Waals surface area contributed by atoms with Crippen LogP contribution in [0.2, 0.25) is 0 Å². The summed E-state index contributed by atoms with van der Waals surface area (Å²) < 4.78 is 5.48. The zero-order chi connectivity index (χ0) is 18.2. The number of rotatable bonds is 6. The van der Waals surface area contributed by atoms with E-state index in [1.165, 1.54) is 6.20 Å². The summed E-state index contributed by atoms with van der Waals surface area (Å²) >= 11 is 0. The van der Waals surface area contributed by atoms with Gasteiger partial charge in [-0.15, -0.1) is 0 Å². The summed E-state index contributed by atoms with van der Waals surface area (Å²) in [7, 11) is 0. The SMILES string of the molecule is O=C(OC(C(=O)NCc1ccccc1)c1ccccc1)c1cccnc1. The molecule has 5 heteroatoms. The number of nitrogens with one attached hydrogen (secondary N) is 1. The van der Waals surface area contributed by atoms with Crippen LogP contribution in [0.15, 0.2) is 85.2 Å². The molecule has 3 aromatic rings. The van der Waals surface area contributed by atoms with Crippen LogP contribution < -0.4 is 5.32 Å². The number of ether oxygens (including phenoxy) is 1. The van der Waals surface area contributed by atoms with Gasteiger partial charge in [0.15, 0.2) is 0 Å². The van der Waals surface area contributed by atoms with Crippen molar-refractivity contribution in [3.05, 3.63) is 102 Å². The molecule has 2 aromatic carbocycles. The number of carbonyl (C=O) groups excluding carboxylic acids is 2. The van der Waals surface area contributed by atoms with Crippen molar-refractivity contribution < 1.29 is 14.3 Å². The van der Waals surface area contributed by atoms with Gasteiger partial charge in [0.25, 0.3) is 5.91 Å². The molecule has 1 heterocycles. The van der Waals surface area contributed by atoms with E-state index in [0.717, 1.165) is 5.56 Å². The van der Waals surface area contributed by atoms with Crippen LogP contribution in [-0.4, -0.2) is 16.9 Å². The second kappa shape index (κ2) is 8.58. The first-order chi connectivity index (χ1) is 12.7. The molecule has 1 N–H and O–H groups in total. The lowest BCUT2D eigenvalue weighted by molar-refractivity contribution is -0.130. The predicted molar refractivity (Wildman–Crippen MR) is 97.1 cm³/mol. The van der Waals surface area contributed by atoms with Crippen LogP contribution in [0.1, 0.15) is 27.6 Å². The molecular formula is C21H18N2O3. The van der Waals surface area contributed by atoms with Gasteiger partial charge in [0, 0.05) is 24.5 Å². The fraction of sp³-hybridized carbons (Fsp3) is 0.0952. The number of pyridine rings is 1. The smallest absolute Gasteiger partial charge is 0.340 e. The van der Waals surface area contributed by atoms with Gasteiger partial charge in [-0.3, -0.25) is 9.78 Å². The van der Waals surface area contributed by atoms with E-state index in [1.807, 2.05) is 36.4 Å². The van der Waals surface area contributed by atoms with Crippen LogP contribution in [0.25, 0.3) is 0 Å². The highest BCUT2D eigenvalue weighted by Gasteiger charge is 2.25. The number of esters is 1. The van der Waals surface area contributed by atoms with E-state index >= 15 is 0 Å². The monoisotopic (exact) mass is 346 g/mol. The van der Waals surface area contributed by atoms with Crippen molar-refractivity contribution >= 4 is 11.9 Å². The molecule has 1 unspecified atom stereocenters. The molecule has 0 saturated carbocycles. The normalized spacial score (nSPS) is 11.4. The van der Waals surface area contributed by atoms with Crippen molar-refractivity contribution in [3.63, 3.8) is 0 Å². The van der Waals surface area contributed by atoms with Crippen LogP contribution in [0.5, 0.6) is 0 Å². The van der Waals surface area contributed by atoms with Crippen molar-refractivity contribution in [2.75, 3.05) is 0 Å². The fourth-order valence-corrected chi connectivity index (χ4v) is 2.44. The molecule has 0 spiro atoms. The van der Waals surface area contributed by atoms with E-state index in [9.17, 15) is 9.59 Å². The minimum Gasteiger partial charge on any atom is -0.444 e. The minimum atomic E-state index is -1.03. The van der Waals surface area contributed by atoms with E-state index in [2.05, 4.69) is 10.3 Å². The third-order valence-electron chi connectivity index (χ3n) is 3.77. The zero-order valence-corrected chi connectivity index (χ0v) is 14.0. The molecule has 0 radical (unpaired) electrons. The molecule has 1 atom stereocenters. The molecule has 0 fully saturated rings. The van der Waals surface area contributed by atoms with Gasteiger partial charge in [0.05, 0.1) is 5.56 Å². The van der Waals surface area contributed by atoms with Gasteiger partial charge < -0.3 is 10.1 Å². The van der Waals surface area contributed by atoms with Gasteiger partial charge in [-0.25, -0.2) is 4.79 Å². The minimum absolute atomic E-state index is 0.296. The topological polar surface area (TPSA) is 68.3 Å². The van der Waals surface area contributed by atoms with Gasteiger partial charge >= 0.3 is 5.97 Å². The Balaban J connectivity index is 1.75. The van der Waals surface area contributed by atoms with Crippen LogP contribution in [0, 0.1) is 0 Å². The third kappa shape index (κ3) is 4.54. The first-order valence-electron chi connectivity index (χ1n) is 8.21. The van der Waals surface area contributed by atoms with Gasteiger partial charge in [-0.1, -0.05) is 60.7 Å². The van der Waals surface area contributed by atoms with Crippen molar-refractivity contribution in [3.8, 4) is 0 Å². The van der Waals surface area contributed by atoms with Gasteiger partial charge in [-0.05, 0) is 17.7 Å². The first kappa shape index (κ1) is 17.4. The summed E-state index contributed by atoms with van der Waals surface area (Å²) in [5.41, 5.74) is 1.87. The summed E-state index contributed by atoms with van der Waals surface area (Å²) in [6, 6.07) is 21.7. The summed E-state index contributed by atoms with van der Waals surface area (Å²) in [5.74, 6) is -0.973. The molecule has 0 saturated heterocycles. The van der Waals surface area contributed by atoms with Crippen LogP contribution in [-0.2, 0) is 16.1 Å². The molecule has 1 amide bonds. The second-order valence-electron chi connectivity index (χ2n) is 5.64. The number of carbonyl (C=O) groups is 2. The maximum absolute atomic E-state index is 12.7. The summed E-state index contributed by atoms with van der Waals surface area (Å²) in [6.07, 6.45) is 1.94. The highest BCUT2D eigenvalue weighted by atomic mass is 16.5. The highest BCUT2D eigenvalue weighted by Crippen LogP contribution is 2.19. The maximum atomic E-state index is 12.7. The Morgan fingerprint density at radius 2 is 1.62 bits per heavy atom. The number of hydrogen-bond acceptors (Lipinski definition) is 4. The lowest BCUT2D eigenvalue weighted by atomic mass is 10.1. The average Bonchev–Trinajstić information content (AvgIpc) is 2.72.